The van der Waals surface area contributed by atoms with Crippen molar-refractivity contribution in [1.29, 1.82) is 0 Å². The van der Waals surface area contributed by atoms with Gasteiger partial charge in [0.1, 0.15) is 22.3 Å². The molecule has 1 atom stereocenters. The smallest absolute Gasteiger partial charge is 0.231 e. The Hall–Kier alpha value is -3.46. The Labute approximate surface area is 177 Å². The summed E-state index contributed by atoms with van der Waals surface area (Å²) in [5, 5.41) is 11.7. The zero-order chi connectivity index (χ0) is 21.1. The summed E-state index contributed by atoms with van der Waals surface area (Å²) in [7, 11) is 1.61. The van der Waals surface area contributed by atoms with E-state index >= 15 is 0 Å². The van der Waals surface area contributed by atoms with E-state index in [9.17, 15) is 9.59 Å². The van der Waals surface area contributed by atoms with E-state index in [2.05, 4.69) is 15.5 Å². The lowest BCUT2D eigenvalue weighted by Crippen LogP contribution is -2.28. The molecule has 1 aliphatic heterocycles. The van der Waals surface area contributed by atoms with E-state index in [1.807, 2.05) is 43.3 Å². The number of hydrogen-bond acceptors (Lipinski definition) is 7. The van der Waals surface area contributed by atoms with Gasteiger partial charge in [-0.1, -0.05) is 11.3 Å². The summed E-state index contributed by atoms with van der Waals surface area (Å²) in [6.45, 7) is 2.14. The SMILES string of the molecule is COc1ccc(Oc2ccc(N3C[C@@H](C(=O)Nc4nnc(C)s4)CC3=O)cc2)cc1. The van der Waals surface area contributed by atoms with Crippen molar-refractivity contribution in [2.24, 2.45) is 5.92 Å². The molecule has 0 bridgehead atoms. The quantitative estimate of drug-likeness (QED) is 0.649. The maximum atomic E-state index is 12.5. The summed E-state index contributed by atoms with van der Waals surface area (Å²) < 4.78 is 10.9. The van der Waals surface area contributed by atoms with Crippen LogP contribution in [0.3, 0.4) is 0 Å². The van der Waals surface area contributed by atoms with Gasteiger partial charge in [0.25, 0.3) is 0 Å². The average Bonchev–Trinajstić information content (AvgIpc) is 3.34. The molecule has 2 heterocycles. The van der Waals surface area contributed by atoms with Gasteiger partial charge in [-0.3, -0.25) is 9.59 Å². The fourth-order valence-electron chi connectivity index (χ4n) is 3.16. The first-order valence-corrected chi connectivity index (χ1v) is 10.2. The lowest BCUT2D eigenvalue weighted by atomic mass is 10.1. The molecule has 1 saturated heterocycles. The number of hydrogen-bond donors (Lipinski definition) is 1. The number of aryl methyl sites for hydroxylation is 1. The molecule has 4 rings (SSSR count). The van der Waals surface area contributed by atoms with Crippen LogP contribution in [0.4, 0.5) is 10.8 Å². The number of carbonyl (C=O) groups is 2. The van der Waals surface area contributed by atoms with Crippen LogP contribution in [0.2, 0.25) is 0 Å². The molecule has 1 aliphatic rings. The van der Waals surface area contributed by atoms with Crippen LogP contribution >= 0.6 is 11.3 Å². The molecule has 8 nitrogen and oxygen atoms in total. The lowest BCUT2D eigenvalue weighted by Gasteiger charge is -2.17. The second-order valence-electron chi connectivity index (χ2n) is 6.79. The molecule has 30 heavy (non-hydrogen) atoms. The third-order valence-electron chi connectivity index (χ3n) is 4.70. The van der Waals surface area contributed by atoms with Crippen molar-refractivity contribution in [3.63, 3.8) is 0 Å². The molecule has 3 aromatic rings. The Bertz CT molecular complexity index is 1050. The van der Waals surface area contributed by atoms with Gasteiger partial charge in [-0.2, -0.15) is 0 Å². The van der Waals surface area contributed by atoms with Crippen LogP contribution in [0.15, 0.2) is 48.5 Å². The number of anilines is 2. The van der Waals surface area contributed by atoms with Crippen LogP contribution in [0.5, 0.6) is 17.2 Å². The third kappa shape index (κ3) is 4.41. The molecule has 1 N–H and O–H groups in total. The van der Waals surface area contributed by atoms with E-state index in [0.717, 1.165) is 16.4 Å². The van der Waals surface area contributed by atoms with Crippen LogP contribution in [0.25, 0.3) is 0 Å². The van der Waals surface area contributed by atoms with E-state index in [1.54, 1.807) is 24.1 Å². The number of methoxy groups -OCH3 is 1. The minimum Gasteiger partial charge on any atom is -0.497 e. The van der Waals surface area contributed by atoms with Crippen molar-refractivity contribution in [2.45, 2.75) is 13.3 Å². The van der Waals surface area contributed by atoms with Gasteiger partial charge in [0.05, 0.1) is 13.0 Å². The standard InChI is InChI=1S/C21H20N4O4S/c1-13-23-24-21(30-13)22-20(27)14-11-19(26)25(12-14)15-3-5-17(6-4-15)29-18-9-7-16(28-2)8-10-18/h3-10,14H,11-12H2,1-2H3,(H,22,24,27)/t14-/m0/s1. The number of ether oxygens (including phenoxy) is 2. The number of carbonyl (C=O) groups excluding carboxylic acids is 2. The Kier molecular flexibility index (Phi) is 5.62. The number of amides is 2. The highest BCUT2D eigenvalue weighted by Gasteiger charge is 2.35. The first kappa shape index (κ1) is 19.8. The second-order valence-corrected chi connectivity index (χ2v) is 7.97. The molecule has 0 radical (unpaired) electrons. The minimum absolute atomic E-state index is 0.0904. The number of benzene rings is 2. The van der Waals surface area contributed by atoms with E-state index in [1.165, 1.54) is 11.3 Å². The molecule has 0 aliphatic carbocycles. The Morgan fingerprint density at radius 3 is 2.30 bits per heavy atom. The first-order valence-electron chi connectivity index (χ1n) is 9.35. The first-order chi connectivity index (χ1) is 14.5. The van der Waals surface area contributed by atoms with Crippen molar-refractivity contribution in [2.75, 3.05) is 23.9 Å². The highest BCUT2D eigenvalue weighted by atomic mass is 32.1. The van der Waals surface area contributed by atoms with Gasteiger partial charge in [-0.05, 0) is 55.5 Å². The number of rotatable bonds is 6. The van der Waals surface area contributed by atoms with E-state index in [-0.39, 0.29) is 18.2 Å². The third-order valence-corrected chi connectivity index (χ3v) is 5.45. The number of nitrogens with zero attached hydrogens (tertiary/aromatic N) is 3. The van der Waals surface area contributed by atoms with E-state index in [0.29, 0.717) is 23.2 Å². The molecule has 2 aromatic carbocycles. The predicted molar refractivity (Wildman–Crippen MR) is 113 cm³/mol. The van der Waals surface area contributed by atoms with Crippen molar-refractivity contribution in [3.8, 4) is 17.2 Å². The van der Waals surface area contributed by atoms with Gasteiger partial charge in [-0.15, -0.1) is 10.2 Å². The molecule has 154 valence electrons. The van der Waals surface area contributed by atoms with Gasteiger partial charge < -0.3 is 19.7 Å². The Morgan fingerprint density at radius 1 is 1.07 bits per heavy atom. The maximum absolute atomic E-state index is 12.5. The predicted octanol–water partition coefficient (Wildman–Crippen LogP) is 3.64. The van der Waals surface area contributed by atoms with Crippen molar-refractivity contribution in [1.82, 2.24) is 10.2 Å². The zero-order valence-corrected chi connectivity index (χ0v) is 17.3. The van der Waals surface area contributed by atoms with Gasteiger partial charge in [0, 0.05) is 18.7 Å². The number of nitrogens with one attached hydrogen (secondary N) is 1. The minimum atomic E-state index is -0.433. The molecule has 1 aromatic heterocycles. The summed E-state index contributed by atoms with van der Waals surface area (Å²) >= 11 is 1.30. The van der Waals surface area contributed by atoms with Crippen LogP contribution in [0.1, 0.15) is 11.4 Å². The van der Waals surface area contributed by atoms with Gasteiger partial charge in [0.15, 0.2) is 0 Å². The fraction of sp³-hybridized carbons (Fsp3) is 0.238. The fourth-order valence-corrected chi connectivity index (χ4v) is 3.76. The summed E-state index contributed by atoms with van der Waals surface area (Å²) in [4.78, 5) is 26.5. The molecular weight excluding hydrogens is 404 g/mol. The summed E-state index contributed by atoms with van der Waals surface area (Å²) in [6, 6.07) is 14.5. The Balaban J connectivity index is 1.38. The molecular formula is C21H20N4O4S. The monoisotopic (exact) mass is 424 g/mol. The summed E-state index contributed by atoms with van der Waals surface area (Å²) in [5.41, 5.74) is 0.726. The topological polar surface area (TPSA) is 93.7 Å². The van der Waals surface area contributed by atoms with Gasteiger partial charge in [-0.25, -0.2) is 0 Å². The number of aromatic nitrogens is 2. The van der Waals surface area contributed by atoms with Crippen molar-refractivity contribution in [3.05, 3.63) is 53.5 Å². The Morgan fingerprint density at radius 2 is 1.70 bits per heavy atom. The second kappa shape index (κ2) is 8.50. The average molecular weight is 424 g/mol. The van der Waals surface area contributed by atoms with Crippen LogP contribution in [0, 0.1) is 12.8 Å². The maximum Gasteiger partial charge on any atom is 0.231 e. The molecule has 0 unspecified atom stereocenters. The largest absolute Gasteiger partial charge is 0.497 e. The molecule has 0 spiro atoms. The summed E-state index contributed by atoms with van der Waals surface area (Å²) in [6.07, 6.45) is 0.160. The molecule has 2 amide bonds. The molecule has 0 saturated carbocycles. The van der Waals surface area contributed by atoms with Gasteiger partial charge in [0.2, 0.25) is 16.9 Å². The molecule has 1 fully saturated rings. The van der Waals surface area contributed by atoms with E-state index < -0.39 is 5.92 Å². The van der Waals surface area contributed by atoms with E-state index in [4.69, 9.17) is 9.47 Å². The van der Waals surface area contributed by atoms with Crippen molar-refractivity contribution < 1.29 is 19.1 Å². The summed E-state index contributed by atoms with van der Waals surface area (Å²) in [5.74, 6) is 1.34. The van der Waals surface area contributed by atoms with Crippen LogP contribution in [-0.4, -0.2) is 35.7 Å². The highest BCUT2D eigenvalue weighted by molar-refractivity contribution is 7.15. The van der Waals surface area contributed by atoms with Crippen LogP contribution < -0.4 is 19.7 Å². The lowest BCUT2D eigenvalue weighted by molar-refractivity contribution is -0.122. The highest BCUT2D eigenvalue weighted by Crippen LogP contribution is 2.30. The van der Waals surface area contributed by atoms with Crippen molar-refractivity contribution >= 4 is 34.0 Å². The van der Waals surface area contributed by atoms with Crippen LogP contribution in [-0.2, 0) is 9.59 Å². The van der Waals surface area contributed by atoms with Gasteiger partial charge >= 0.3 is 0 Å². The zero-order valence-electron chi connectivity index (χ0n) is 16.5. The molecule has 9 heteroatoms. The normalized spacial score (nSPS) is 15.9.